The molecule has 23 heavy (non-hydrogen) atoms. The minimum absolute atomic E-state index is 0.0499. The third-order valence-corrected chi connectivity index (χ3v) is 4.27. The third kappa shape index (κ3) is 5.21. The van der Waals surface area contributed by atoms with Gasteiger partial charge in [-0.3, -0.25) is 4.79 Å². The number of aryl methyl sites for hydroxylation is 1. The first-order valence-electron chi connectivity index (χ1n) is 7.27. The number of carbonyl (C=O) groups is 1. The van der Waals surface area contributed by atoms with Crippen molar-refractivity contribution >= 4 is 23.4 Å². The van der Waals surface area contributed by atoms with Crippen molar-refractivity contribution in [2.75, 3.05) is 25.3 Å². The Morgan fingerprint density at radius 1 is 1.13 bits per heavy atom. The molecule has 0 radical (unpaired) electrons. The molecule has 0 spiro atoms. The molecule has 5 heteroatoms. The van der Waals surface area contributed by atoms with Crippen molar-refractivity contribution in [2.24, 2.45) is 0 Å². The number of anilines is 1. The predicted molar refractivity (Wildman–Crippen MR) is 95.5 cm³/mol. The van der Waals surface area contributed by atoms with Crippen LogP contribution >= 0.6 is 11.8 Å². The maximum atomic E-state index is 12.1. The summed E-state index contributed by atoms with van der Waals surface area (Å²) in [6, 6.07) is 13.6. The standard InChI is InChI=1S/C18H21NO3S/c1-13-5-4-6-14(9-13)11-23-12-18(20)19-16-8-7-15(21-2)10-17(16)22-3/h4-10H,11-12H2,1-3H3,(H,19,20). The van der Waals surface area contributed by atoms with Crippen LogP contribution in [0.25, 0.3) is 0 Å². The molecular weight excluding hydrogens is 310 g/mol. The number of rotatable bonds is 7. The number of benzene rings is 2. The Hall–Kier alpha value is -2.14. The van der Waals surface area contributed by atoms with Gasteiger partial charge in [0.15, 0.2) is 0 Å². The van der Waals surface area contributed by atoms with Crippen LogP contribution in [-0.2, 0) is 10.5 Å². The van der Waals surface area contributed by atoms with Crippen LogP contribution in [0.1, 0.15) is 11.1 Å². The highest BCUT2D eigenvalue weighted by Gasteiger charge is 2.09. The lowest BCUT2D eigenvalue weighted by molar-refractivity contribution is -0.113. The number of amides is 1. The summed E-state index contributed by atoms with van der Waals surface area (Å²) in [5, 5.41) is 2.87. The molecule has 0 aliphatic heterocycles. The van der Waals surface area contributed by atoms with Crippen molar-refractivity contribution in [3.05, 3.63) is 53.6 Å². The van der Waals surface area contributed by atoms with Crippen molar-refractivity contribution < 1.29 is 14.3 Å². The highest BCUT2D eigenvalue weighted by Crippen LogP contribution is 2.29. The van der Waals surface area contributed by atoms with Crippen LogP contribution in [0, 0.1) is 6.92 Å². The topological polar surface area (TPSA) is 47.6 Å². The zero-order valence-electron chi connectivity index (χ0n) is 13.6. The average Bonchev–Trinajstić information content (AvgIpc) is 2.55. The van der Waals surface area contributed by atoms with E-state index in [-0.39, 0.29) is 5.91 Å². The van der Waals surface area contributed by atoms with E-state index in [1.165, 1.54) is 11.1 Å². The Kier molecular flexibility index (Phi) is 6.35. The van der Waals surface area contributed by atoms with E-state index in [0.29, 0.717) is 22.9 Å². The van der Waals surface area contributed by atoms with E-state index in [0.717, 1.165) is 5.75 Å². The number of ether oxygens (including phenoxy) is 2. The van der Waals surface area contributed by atoms with Gasteiger partial charge in [-0.25, -0.2) is 0 Å². The van der Waals surface area contributed by atoms with E-state index >= 15 is 0 Å². The molecule has 2 aromatic rings. The summed E-state index contributed by atoms with van der Waals surface area (Å²) in [5.41, 5.74) is 3.11. The van der Waals surface area contributed by atoms with Crippen LogP contribution < -0.4 is 14.8 Å². The molecule has 4 nitrogen and oxygen atoms in total. The van der Waals surface area contributed by atoms with Gasteiger partial charge in [-0.05, 0) is 24.6 Å². The van der Waals surface area contributed by atoms with Crippen molar-refractivity contribution in [3.8, 4) is 11.5 Å². The van der Waals surface area contributed by atoms with Crippen LogP contribution in [0.15, 0.2) is 42.5 Å². The van der Waals surface area contributed by atoms with Gasteiger partial charge in [0, 0.05) is 11.8 Å². The molecule has 0 saturated carbocycles. The van der Waals surface area contributed by atoms with Crippen molar-refractivity contribution in [3.63, 3.8) is 0 Å². The smallest absolute Gasteiger partial charge is 0.234 e. The van der Waals surface area contributed by atoms with E-state index in [1.54, 1.807) is 44.2 Å². The lowest BCUT2D eigenvalue weighted by atomic mass is 10.2. The van der Waals surface area contributed by atoms with Gasteiger partial charge in [-0.2, -0.15) is 0 Å². The van der Waals surface area contributed by atoms with Crippen LogP contribution in [0.3, 0.4) is 0 Å². The summed E-state index contributed by atoms with van der Waals surface area (Å²) < 4.78 is 10.4. The molecule has 1 amide bonds. The number of hydrogen-bond acceptors (Lipinski definition) is 4. The van der Waals surface area contributed by atoms with E-state index < -0.39 is 0 Å². The third-order valence-electron chi connectivity index (χ3n) is 3.27. The summed E-state index contributed by atoms with van der Waals surface area (Å²) in [7, 11) is 3.16. The number of carbonyl (C=O) groups excluding carboxylic acids is 1. The number of methoxy groups -OCH3 is 2. The molecule has 1 N–H and O–H groups in total. The summed E-state index contributed by atoms with van der Waals surface area (Å²) in [5.74, 6) is 2.43. The molecule has 2 rings (SSSR count). The lowest BCUT2D eigenvalue weighted by Gasteiger charge is -2.11. The first-order valence-corrected chi connectivity index (χ1v) is 8.43. The van der Waals surface area contributed by atoms with Gasteiger partial charge in [-0.1, -0.05) is 29.8 Å². The van der Waals surface area contributed by atoms with Gasteiger partial charge < -0.3 is 14.8 Å². The molecule has 0 aliphatic rings. The van der Waals surface area contributed by atoms with E-state index in [4.69, 9.17) is 9.47 Å². The average molecular weight is 331 g/mol. The molecule has 0 aromatic heterocycles. The second-order valence-corrected chi connectivity index (χ2v) is 6.08. The molecule has 0 bridgehead atoms. The number of thioether (sulfide) groups is 1. The molecule has 0 aliphatic carbocycles. The van der Waals surface area contributed by atoms with E-state index in [9.17, 15) is 4.79 Å². The normalized spacial score (nSPS) is 10.2. The Morgan fingerprint density at radius 2 is 1.96 bits per heavy atom. The Balaban J connectivity index is 1.87. The SMILES string of the molecule is COc1ccc(NC(=O)CSCc2cccc(C)c2)c(OC)c1. The lowest BCUT2D eigenvalue weighted by Crippen LogP contribution is -2.14. The fraction of sp³-hybridized carbons (Fsp3) is 0.278. The van der Waals surface area contributed by atoms with Gasteiger partial charge in [0.1, 0.15) is 11.5 Å². The van der Waals surface area contributed by atoms with Crippen molar-refractivity contribution in [2.45, 2.75) is 12.7 Å². The first-order chi connectivity index (χ1) is 11.1. The number of nitrogens with one attached hydrogen (secondary N) is 1. The monoisotopic (exact) mass is 331 g/mol. The second-order valence-electron chi connectivity index (χ2n) is 5.10. The molecular formula is C18H21NO3S. The van der Waals surface area contributed by atoms with Gasteiger partial charge in [0.05, 0.1) is 25.7 Å². The zero-order chi connectivity index (χ0) is 16.7. The second kappa shape index (κ2) is 8.48. The van der Waals surface area contributed by atoms with Gasteiger partial charge in [0.25, 0.3) is 0 Å². The Labute approximate surface area is 141 Å². The summed E-state index contributed by atoms with van der Waals surface area (Å²) in [6.07, 6.45) is 0. The molecule has 0 fully saturated rings. The first kappa shape index (κ1) is 17.2. The van der Waals surface area contributed by atoms with Crippen LogP contribution in [0.4, 0.5) is 5.69 Å². The Morgan fingerprint density at radius 3 is 2.65 bits per heavy atom. The summed E-state index contributed by atoms with van der Waals surface area (Å²) >= 11 is 1.59. The summed E-state index contributed by atoms with van der Waals surface area (Å²) in [6.45, 7) is 2.07. The molecule has 0 unspecified atom stereocenters. The zero-order valence-corrected chi connectivity index (χ0v) is 14.4. The van der Waals surface area contributed by atoms with Crippen molar-refractivity contribution in [1.82, 2.24) is 0 Å². The van der Waals surface area contributed by atoms with Crippen LogP contribution in [0.2, 0.25) is 0 Å². The molecule has 0 saturated heterocycles. The van der Waals surface area contributed by atoms with Crippen LogP contribution in [-0.4, -0.2) is 25.9 Å². The maximum Gasteiger partial charge on any atom is 0.234 e. The fourth-order valence-electron chi connectivity index (χ4n) is 2.15. The largest absolute Gasteiger partial charge is 0.497 e. The minimum Gasteiger partial charge on any atom is -0.497 e. The van der Waals surface area contributed by atoms with Crippen molar-refractivity contribution in [1.29, 1.82) is 0 Å². The highest BCUT2D eigenvalue weighted by molar-refractivity contribution is 7.99. The van der Waals surface area contributed by atoms with Crippen LogP contribution in [0.5, 0.6) is 11.5 Å². The molecule has 0 heterocycles. The summed E-state index contributed by atoms with van der Waals surface area (Å²) in [4.78, 5) is 12.1. The predicted octanol–water partition coefficient (Wildman–Crippen LogP) is 3.88. The van der Waals surface area contributed by atoms with Gasteiger partial charge >= 0.3 is 0 Å². The minimum atomic E-state index is -0.0499. The van der Waals surface area contributed by atoms with Gasteiger partial charge in [-0.15, -0.1) is 11.8 Å². The quantitative estimate of drug-likeness (QED) is 0.836. The number of hydrogen-bond donors (Lipinski definition) is 1. The fourth-order valence-corrected chi connectivity index (χ4v) is 2.93. The van der Waals surface area contributed by atoms with Gasteiger partial charge in [0.2, 0.25) is 5.91 Å². The highest BCUT2D eigenvalue weighted by atomic mass is 32.2. The molecule has 2 aromatic carbocycles. The maximum absolute atomic E-state index is 12.1. The van der Waals surface area contributed by atoms with E-state index in [2.05, 4.69) is 30.4 Å². The molecule has 122 valence electrons. The van der Waals surface area contributed by atoms with E-state index in [1.807, 2.05) is 6.07 Å². The molecule has 0 atom stereocenters. The Bertz CT molecular complexity index is 673.